The highest BCUT2D eigenvalue weighted by Gasteiger charge is 2.03. The van der Waals surface area contributed by atoms with Gasteiger partial charge in [0.2, 0.25) is 0 Å². The fourth-order valence-corrected chi connectivity index (χ4v) is 1.63. The molecule has 0 aliphatic carbocycles. The second-order valence-electron chi connectivity index (χ2n) is 3.61. The molecule has 0 radical (unpaired) electrons. The SMILES string of the molecule is NCc1cc(=O)[nH]c(COc2ccccc2Cl)n1. The van der Waals surface area contributed by atoms with Gasteiger partial charge in [-0.2, -0.15) is 0 Å². The van der Waals surface area contributed by atoms with Crippen molar-refractivity contribution in [3.63, 3.8) is 0 Å². The molecule has 0 atom stereocenters. The predicted octanol–water partition coefficient (Wildman–Crippen LogP) is 1.46. The molecule has 0 aliphatic rings. The first-order valence-corrected chi connectivity index (χ1v) is 5.73. The number of nitrogens with one attached hydrogen (secondary N) is 1. The summed E-state index contributed by atoms with van der Waals surface area (Å²) in [5.74, 6) is 0.961. The molecule has 5 nitrogen and oxygen atoms in total. The predicted molar refractivity (Wildman–Crippen MR) is 68.5 cm³/mol. The van der Waals surface area contributed by atoms with Crippen molar-refractivity contribution in [2.24, 2.45) is 5.73 Å². The standard InChI is InChI=1S/C12H12ClN3O2/c13-9-3-1-2-4-10(9)18-7-11-15-8(6-14)5-12(17)16-11/h1-5H,6-7,14H2,(H,15,16,17). The largest absolute Gasteiger partial charge is 0.484 e. The first-order valence-electron chi connectivity index (χ1n) is 5.35. The first-order chi connectivity index (χ1) is 8.69. The van der Waals surface area contributed by atoms with E-state index in [0.717, 1.165) is 0 Å². The van der Waals surface area contributed by atoms with Crippen molar-refractivity contribution in [2.75, 3.05) is 0 Å². The van der Waals surface area contributed by atoms with Crippen molar-refractivity contribution in [3.8, 4) is 5.75 Å². The van der Waals surface area contributed by atoms with E-state index in [0.29, 0.717) is 22.3 Å². The van der Waals surface area contributed by atoms with Crippen LogP contribution in [0.25, 0.3) is 0 Å². The summed E-state index contributed by atoms with van der Waals surface area (Å²) in [6.07, 6.45) is 0. The fourth-order valence-electron chi connectivity index (χ4n) is 1.44. The molecular formula is C12H12ClN3O2. The summed E-state index contributed by atoms with van der Waals surface area (Å²) < 4.78 is 5.47. The zero-order valence-corrected chi connectivity index (χ0v) is 10.3. The third kappa shape index (κ3) is 3.09. The number of benzene rings is 1. The second-order valence-corrected chi connectivity index (χ2v) is 4.01. The van der Waals surface area contributed by atoms with Gasteiger partial charge in [0, 0.05) is 12.6 Å². The fraction of sp³-hybridized carbons (Fsp3) is 0.167. The molecule has 0 saturated heterocycles. The maximum atomic E-state index is 11.3. The summed E-state index contributed by atoms with van der Waals surface area (Å²) in [5.41, 5.74) is 5.72. The average molecular weight is 266 g/mol. The van der Waals surface area contributed by atoms with Crippen LogP contribution < -0.4 is 16.0 Å². The smallest absolute Gasteiger partial charge is 0.251 e. The van der Waals surface area contributed by atoms with E-state index in [-0.39, 0.29) is 18.7 Å². The van der Waals surface area contributed by atoms with Crippen LogP contribution in [0.3, 0.4) is 0 Å². The van der Waals surface area contributed by atoms with Crippen molar-refractivity contribution in [2.45, 2.75) is 13.2 Å². The minimum Gasteiger partial charge on any atom is -0.484 e. The van der Waals surface area contributed by atoms with Gasteiger partial charge in [-0.1, -0.05) is 23.7 Å². The molecule has 0 bridgehead atoms. The Morgan fingerprint density at radius 3 is 2.89 bits per heavy atom. The van der Waals surface area contributed by atoms with Crippen LogP contribution in [-0.2, 0) is 13.2 Å². The van der Waals surface area contributed by atoms with Crippen LogP contribution in [-0.4, -0.2) is 9.97 Å². The van der Waals surface area contributed by atoms with Gasteiger partial charge in [0.25, 0.3) is 5.56 Å². The molecule has 6 heteroatoms. The number of hydrogen-bond acceptors (Lipinski definition) is 4. The highest BCUT2D eigenvalue weighted by molar-refractivity contribution is 6.32. The molecule has 0 saturated carbocycles. The number of nitrogens with two attached hydrogens (primary N) is 1. The molecule has 1 aromatic carbocycles. The maximum Gasteiger partial charge on any atom is 0.251 e. The summed E-state index contributed by atoms with van der Waals surface area (Å²) in [7, 11) is 0. The van der Waals surface area contributed by atoms with Crippen molar-refractivity contribution < 1.29 is 4.74 Å². The van der Waals surface area contributed by atoms with E-state index in [1.165, 1.54) is 6.07 Å². The van der Waals surface area contributed by atoms with Gasteiger partial charge < -0.3 is 15.5 Å². The number of aromatic amines is 1. The van der Waals surface area contributed by atoms with Crippen molar-refractivity contribution in [3.05, 3.63) is 57.2 Å². The molecule has 2 aromatic rings. The van der Waals surface area contributed by atoms with E-state index >= 15 is 0 Å². The van der Waals surface area contributed by atoms with Gasteiger partial charge in [-0.3, -0.25) is 4.79 Å². The van der Waals surface area contributed by atoms with Crippen molar-refractivity contribution in [1.82, 2.24) is 9.97 Å². The number of rotatable bonds is 4. The molecule has 0 spiro atoms. The Kier molecular flexibility index (Phi) is 3.96. The zero-order chi connectivity index (χ0) is 13.0. The zero-order valence-electron chi connectivity index (χ0n) is 9.52. The van der Waals surface area contributed by atoms with E-state index in [2.05, 4.69) is 9.97 Å². The maximum absolute atomic E-state index is 11.3. The summed E-state index contributed by atoms with van der Waals surface area (Å²) in [6.45, 7) is 0.343. The summed E-state index contributed by atoms with van der Waals surface area (Å²) in [6, 6.07) is 8.45. The van der Waals surface area contributed by atoms with Crippen molar-refractivity contribution in [1.29, 1.82) is 0 Å². The minimum atomic E-state index is -0.247. The summed E-state index contributed by atoms with van der Waals surface area (Å²) >= 11 is 5.94. The Balaban J connectivity index is 2.13. The Bertz CT molecular complexity index is 598. The normalized spacial score (nSPS) is 10.3. The van der Waals surface area contributed by atoms with Crippen LogP contribution in [0, 0.1) is 0 Å². The van der Waals surface area contributed by atoms with Crippen LogP contribution in [0.2, 0.25) is 5.02 Å². The van der Waals surface area contributed by atoms with E-state index in [9.17, 15) is 4.79 Å². The topological polar surface area (TPSA) is 81.0 Å². The van der Waals surface area contributed by atoms with E-state index in [1.807, 2.05) is 12.1 Å². The molecule has 18 heavy (non-hydrogen) atoms. The van der Waals surface area contributed by atoms with Crippen LogP contribution in [0.5, 0.6) is 5.75 Å². The van der Waals surface area contributed by atoms with Gasteiger partial charge in [0.15, 0.2) is 0 Å². The monoisotopic (exact) mass is 265 g/mol. The molecule has 1 aromatic heterocycles. The Labute approximate surface area is 109 Å². The highest BCUT2D eigenvalue weighted by Crippen LogP contribution is 2.23. The first kappa shape index (κ1) is 12.6. The van der Waals surface area contributed by atoms with Crippen LogP contribution in [0.15, 0.2) is 35.1 Å². The van der Waals surface area contributed by atoms with Crippen LogP contribution >= 0.6 is 11.6 Å². The Morgan fingerprint density at radius 2 is 2.17 bits per heavy atom. The highest BCUT2D eigenvalue weighted by atomic mass is 35.5. The van der Waals surface area contributed by atoms with Gasteiger partial charge in [0.1, 0.15) is 18.2 Å². The number of para-hydroxylation sites is 1. The molecule has 0 fully saturated rings. The molecule has 1 heterocycles. The summed E-state index contributed by atoms with van der Waals surface area (Å²) in [4.78, 5) is 18.0. The number of ether oxygens (including phenoxy) is 1. The molecular weight excluding hydrogens is 254 g/mol. The van der Waals surface area contributed by atoms with E-state index in [4.69, 9.17) is 22.1 Å². The average Bonchev–Trinajstić information content (AvgIpc) is 2.37. The second kappa shape index (κ2) is 5.66. The third-order valence-electron chi connectivity index (χ3n) is 2.25. The lowest BCUT2D eigenvalue weighted by Gasteiger charge is -2.07. The Morgan fingerprint density at radius 1 is 1.39 bits per heavy atom. The molecule has 0 unspecified atom stereocenters. The van der Waals surface area contributed by atoms with Gasteiger partial charge in [0.05, 0.1) is 10.7 Å². The number of hydrogen-bond donors (Lipinski definition) is 2. The van der Waals surface area contributed by atoms with Crippen LogP contribution in [0.4, 0.5) is 0 Å². The number of aromatic nitrogens is 2. The molecule has 0 aliphatic heterocycles. The molecule has 3 N–H and O–H groups in total. The van der Waals surface area contributed by atoms with Crippen molar-refractivity contribution >= 4 is 11.6 Å². The van der Waals surface area contributed by atoms with E-state index in [1.54, 1.807) is 12.1 Å². The minimum absolute atomic E-state index is 0.132. The lowest BCUT2D eigenvalue weighted by atomic mass is 10.3. The van der Waals surface area contributed by atoms with E-state index < -0.39 is 0 Å². The lowest BCUT2D eigenvalue weighted by molar-refractivity contribution is 0.295. The number of nitrogens with zero attached hydrogens (tertiary/aromatic N) is 1. The molecule has 2 rings (SSSR count). The van der Waals surface area contributed by atoms with Gasteiger partial charge in [-0.15, -0.1) is 0 Å². The number of H-pyrrole nitrogens is 1. The summed E-state index contributed by atoms with van der Waals surface area (Å²) in [5, 5.41) is 0.509. The van der Waals surface area contributed by atoms with Gasteiger partial charge >= 0.3 is 0 Å². The molecule has 94 valence electrons. The molecule has 0 amide bonds. The van der Waals surface area contributed by atoms with Gasteiger partial charge in [-0.25, -0.2) is 4.98 Å². The lowest BCUT2D eigenvalue weighted by Crippen LogP contribution is -2.16. The third-order valence-corrected chi connectivity index (χ3v) is 2.57. The Hall–Kier alpha value is -1.85. The number of halogens is 1. The van der Waals surface area contributed by atoms with Gasteiger partial charge in [-0.05, 0) is 12.1 Å². The quantitative estimate of drug-likeness (QED) is 0.877. The van der Waals surface area contributed by atoms with Crippen LogP contribution in [0.1, 0.15) is 11.5 Å².